The summed E-state index contributed by atoms with van der Waals surface area (Å²) >= 11 is 1.57. The van der Waals surface area contributed by atoms with Gasteiger partial charge in [-0.3, -0.25) is 0 Å². The Morgan fingerprint density at radius 1 is 1.33 bits per heavy atom. The summed E-state index contributed by atoms with van der Waals surface area (Å²) in [6.45, 7) is 0.866. The standard InChI is InChI=1S/C18H18FN3OS/c19-12-5-6-15-14(9-12)18(21-11-20-15)22-7-1-3-13(22)10-16(23)17-4-2-8-24-17/h2,4-6,8-9,11,13,16,23H,1,3,7,10H2. The first-order valence-corrected chi connectivity index (χ1v) is 8.99. The van der Waals surface area contributed by atoms with Crippen LogP contribution in [0.25, 0.3) is 10.9 Å². The molecule has 24 heavy (non-hydrogen) atoms. The van der Waals surface area contributed by atoms with Crippen LogP contribution in [0, 0.1) is 5.82 Å². The number of aromatic nitrogens is 2. The third kappa shape index (κ3) is 2.87. The molecule has 1 aromatic carbocycles. The van der Waals surface area contributed by atoms with Gasteiger partial charge < -0.3 is 10.0 Å². The zero-order valence-corrected chi connectivity index (χ0v) is 13.9. The van der Waals surface area contributed by atoms with Crippen molar-refractivity contribution in [3.63, 3.8) is 0 Å². The zero-order valence-electron chi connectivity index (χ0n) is 13.1. The van der Waals surface area contributed by atoms with Crippen LogP contribution in [0.3, 0.4) is 0 Å². The lowest BCUT2D eigenvalue weighted by molar-refractivity contribution is 0.161. The molecule has 2 unspecified atom stereocenters. The Kier molecular flexibility index (Phi) is 4.16. The molecule has 124 valence electrons. The van der Waals surface area contributed by atoms with E-state index in [1.807, 2.05) is 17.5 Å². The summed E-state index contributed by atoms with van der Waals surface area (Å²) in [7, 11) is 0. The van der Waals surface area contributed by atoms with Crippen molar-refractivity contribution in [1.29, 1.82) is 0 Å². The summed E-state index contributed by atoms with van der Waals surface area (Å²) in [6, 6.07) is 8.71. The molecular formula is C18H18FN3OS. The maximum absolute atomic E-state index is 13.7. The van der Waals surface area contributed by atoms with Crippen LogP contribution in [0.15, 0.2) is 42.0 Å². The third-order valence-electron chi connectivity index (χ3n) is 4.59. The molecule has 0 saturated carbocycles. The second kappa shape index (κ2) is 6.45. The number of nitrogens with zero attached hydrogens (tertiary/aromatic N) is 3. The van der Waals surface area contributed by atoms with E-state index in [9.17, 15) is 9.50 Å². The molecule has 3 aromatic rings. The van der Waals surface area contributed by atoms with E-state index in [-0.39, 0.29) is 11.9 Å². The molecule has 1 N–H and O–H groups in total. The van der Waals surface area contributed by atoms with Gasteiger partial charge in [0.05, 0.1) is 11.6 Å². The van der Waals surface area contributed by atoms with Gasteiger partial charge in [0.1, 0.15) is 18.0 Å². The molecule has 0 spiro atoms. The minimum Gasteiger partial charge on any atom is -0.387 e. The molecule has 3 heterocycles. The van der Waals surface area contributed by atoms with E-state index in [4.69, 9.17) is 0 Å². The molecule has 0 bridgehead atoms. The predicted molar refractivity (Wildman–Crippen MR) is 93.8 cm³/mol. The summed E-state index contributed by atoms with van der Waals surface area (Å²) in [6.07, 6.45) is 3.76. The average molecular weight is 343 g/mol. The van der Waals surface area contributed by atoms with Gasteiger partial charge in [-0.1, -0.05) is 6.07 Å². The number of fused-ring (bicyclic) bond motifs is 1. The number of thiophene rings is 1. The molecule has 4 rings (SSSR count). The maximum Gasteiger partial charge on any atom is 0.140 e. The molecule has 1 saturated heterocycles. The number of rotatable bonds is 4. The van der Waals surface area contributed by atoms with Gasteiger partial charge in [-0.25, -0.2) is 14.4 Å². The van der Waals surface area contributed by atoms with Crippen LogP contribution in [-0.2, 0) is 0 Å². The molecule has 2 aromatic heterocycles. The van der Waals surface area contributed by atoms with E-state index >= 15 is 0 Å². The summed E-state index contributed by atoms with van der Waals surface area (Å²) in [5.74, 6) is 0.480. The van der Waals surface area contributed by atoms with Gasteiger partial charge in [-0.2, -0.15) is 0 Å². The lowest BCUT2D eigenvalue weighted by Gasteiger charge is -2.28. The van der Waals surface area contributed by atoms with E-state index in [0.29, 0.717) is 6.42 Å². The quantitative estimate of drug-likeness (QED) is 0.780. The Bertz CT molecular complexity index is 839. The van der Waals surface area contributed by atoms with Crippen molar-refractivity contribution in [3.8, 4) is 0 Å². The van der Waals surface area contributed by atoms with Gasteiger partial charge in [-0.15, -0.1) is 11.3 Å². The molecule has 0 amide bonds. The van der Waals surface area contributed by atoms with Crippen molar-refractivity contribution in [2.75, 3.05) is 11.4 Å². The van der Waals surface area contributed by atoms with Crippen LogP contribution in [0.1, 0.15) is 30.2 Å². The highest BCUT2D eigenvalue weighted by Crippen LogP contribution is 2.34. The average Bonchev–Trinajstić information content (AvgIpc) is 3.26. The fourth-order valence-corrected chi connectivity index (χ4v) is 4.18. The van der Waals surface area contributed by atoms with E-state index in [1.165, 1.54) is 18.5 Å². The molecule has 2 atom stereocenters. The summed E-state index contributed by atoms with van der Waals surface area (Å²) in [4.78, 5) is 11.8. The highest BCUT2D eigenvalue weighted by Gasteiger charge is 2.29. The third-order valence-corrected chi connectivity index (χ3v) is 5.57. The van der Waals surface area contributed by atoms with E-state index in [2.05, 4.69) is 14.9 Å². The lowest BCUT2D eigenvalue weighted by Crippen LogP contribution is -2.31. The summed E-state index contributed by atoms with van der Waals surface area (Å²) in [5.41, 5.74) is 0.742. The van der Waals surface area contributed by atoms with Crippen LogP contribution in [0.2, 0.25) is 0 Å². The van der Waals surface area contributed by atoms with Crippen molar-refractivity contribution in [3.05, 3.63) is 52.7 Å². The van der Waals surface area contributed by atoms with E-state index in [0.717, 1.165) is 41.0 Å². The highest BCUT2D eigenvalue weighted by atomic mass is 32.1. The maximum atomic E-state index is 13.7. The van der Waals surface area contributed by atoms with Gasteiger partial charge >= 0.3 is 0 Å². The Hall–Kier alpha value is -2.05. The Balaban J connectivity index is 1.64. The van der Waals surface area contributed by atoms with Gasteiger partial charge in [0.15, 0.2) is 0 Å². The smallest absolute Gasteiger partial charge is 0.140 e. The molecule has 1 fully saturated rings. The minimum absolute atomic E-state index is 0.198. The first-order valence-electron chi connectivity index (χ1n) is 8.11. The Labute approximate surface area is 143 Å². The summed E-state index contributed by atoms with van der Waals surface area (Å²) < 4.78 is 13.7. The number of halogens is 1. The highest BCUT2D eigenvalue weighted by molar-refractivity contribution is 7.10. The van der Waals surface area contributed by atoms with Gasteiger partial charge in [-0.05, 0) is 48.9 Å². The Morgan fingerprint density at radius 2 is 2.25 bits per heavy atom. The predicted octanol–water partition coefficient (Wildman–Crippen LogP) is 3.92. The second-order valence-corrected chi connectivity index (χ2v) is 7.09. The zero-order chi connectivity index (χ0) is 16.5. The SMILES string of the molecule is OC(CC1CCCN1c1ncnc2ccc(F)cc12)c1cccs1. The molecule has 1 aliphatic rings. The molecule has 0 aliphatic carbocycles. The number of hydrogen-bond donors (Lipinski definition) is 1. The van der Waals surface area contributed by atoms with Crippen LogP contribution < -0.4 is 4.90 Å². The first-order chi connectivity index (χ1) is 11.7. The number of anilines is 1. The van der Waals surface area contributed by atoms with Crippen molar-refractivity contribution in [2.24, 2.45) is 0 Å². The minimum atomic E-state index is -0.472. The van der Waals surface area contributed by atoms with Gasteiger partial charge in [0.25, 0.3) is 0 Å². The Morgan fingerprint density at radius 3 is 3.08 bits per heavy atom. The normalized spacial score (nSPS) is 19.1. The monoisotopic (exact) mass is 343 g/mol. The largest absolute Gasteiger partial charge is 0.387 e. The van der Waals surface area contributed by atoms with Gasteiger partial charge in [0, 0.05) is 22.8 Å². The van der Waals surface area contributed by atoms with Crippen LogP contribution in [0.4, 0.5) is 10.2 Å². The van der Waals surface area contributed by atoms with Crippen molar-refractivity contribution >= 4 is 28.1 Å². The van der Waals surface area contributed by atoms with Crippen molar-refractivity contribution < 1.29 is 9.50 Å². The molecule has 1 aliphatic heterocycles. The number of benzene rings is 1. The molecular weight excluding hydrogens is 325 g/mol. The summed E-state index contributed by atoms with van der Waals surface area (Å²) in [5, 5.41) is 13.2. The molecule has 6 heteroatoms. The fourth-order valence-electron chi connectivity index (χ4n) is 3.46. The number of aliphatic hydroxyl groups excluding tert-OH is 1. The van der Waals surface area contributed by atoms with Crippen molar-refractivity contribution in [2.45, 2.75) is 31.4 Å². The van der Waals surface area contributed by atoms with E-state index in [1.54, 1.807) is 17.4 Å². The van der Waals surface area contributed by atoms with Crippen LogP contribution in [-0.4, -0.2) is 27.7 Å². The molecule has 4 nitrogen and oxygen atoms in total. The fraction of sp³-hybridized carbons (Fsp3) is 0.333. The first kappa shape index (κ1) is 15.5. The van der Waals surface area contributed by atoms with E-state index < -0.39 is 6.10 Å². The number of aliphatic hydroxyl groups is 1. The molecule has 0 radical (unpaired) electrons. The van der Waals surface area contributed by atoms with Gasteiger partial charge in [0.2, 0.25) is 0 Å². The second-order valence-electron chi connectivity index (χ2n) is 6.12. The van der Waals surface area contributed by atoms with Crippen molar-refractivity contribution in [1.82, 2.24) is 9.97 Å². The van der Waals surface area contributed by atoms with Crippen LogP contribution in [0.5, 0.6) is 0 Å². The topological polar surface area (TPSA) is 49.2 Å². The lowest BCUT2D eigenvalue weighted by atomic mass is 10.1. The number of hydrogen-bond acceptors (Lipinski definition) is 5. The van der Waals surface area contributed by atoms with Crippen LogP contribution >= 0.6 is 11.3 Å².